The van der Waals surface area contributed by atoms with E-state index in [1.54, 1.807) is 0 Å². The molecule has 17 heavy (non-hydrogen) atoms. The minimum Gasteiger partial charge on any atom is -0.393 e. The standard InChI is InChI=1S/C13H18BrFO2/c1-2-17-5-3-4-13(16)8-10-6-11(14)9-12(15)7-10/h6-7,9,13,16H,2-5,8H2,1H3. The van der Waals surface area contributed by atoms with E-state index in [9.17, 15) is 9.50 Å². The number of ether oxygens (including phenoxy) is 1. The largest absolute Gasteiger partial charge is 0.393 e. The van der Waals surface area contributed by atoms with Crippen LogP contribution < -0.4 is 0 Å². The van der Waals surface area contributed by atoms with Crippen molar-refractivity contribution >= 4 is 15.9 Å². The van der Waals surface area contributed by atoms with Crippen molar-refractivity contribution in [3.05, 3.63) is 34.1 Å². The lowest BCUT2D eigenvalue weighted by molar-refractivity contribution is 0.114. The van der Waals surface area contributed by atoms with Gasteiger partial charge in [-0.05, 0) is 49.9 Å². The highest BCUT2D eigenvalue weighted by atomic mass is 79.9. The third-order valence-electron chi connectivity index (χ3n) is 2.42. The maximum Gasteiger partial charge on any atom is 0.124 e. The first kappa shape index (κ1) is 14.6. The summed E-state index contributed by atoms with van der Waals surface area (Å²) in [5.41, 5.74) is 0.806. The zero-order valence-corrected chi connectivity index (χ0v) is 11.5. The van der Waals surface area contributed by atoms with Crippen LogP contribution in [-0.4, -0.2) is 24.4 Å². The zero-order chi connectivity index (χ0) is 12.7. The van der Waals surface area contributed by atoms with Crippen molar-refractivity contribution < 1.29 is 14.2 Å². The molecule has 0 fully saturated rings. The highest BCUT2D eigenvalue weighted by molar-refractivity contribution is 9.10. The molecule has 1 atom stereocenters. The molecule has 1 unspecified atom stereocenters. The van der Waals surface area contributed by atoms with Gasteiger partial charge in [0.05, 0.1) is 6.10 Å². The number of rotatable bonds is 7. The van der Waals surface area contributed by atoms with Crippen LogP contribution in [0.5, 0.6) is 0 Å². The summed E-state index contributed by atoms with van der Waals surface area (Å²) in [5, 5.41) is 9.79. The number of hydrogen-bond donors (Lipinski definition) is 1. The van der Waals surface area contributed by atoms with Gasteiger partial charge in [-0.3, -0.25) is 0 Å². The van der Waals surface area contributed by atoms with Crippen molar-refractivity contribution in [2.75, 3.05) is 13.2 Å². The lowest BCUT2D eigenvalue weighted by Gasteiger charge is -2.11. The fraction of sp³-hybridized carbons (Fsp3) is 0.538. The van der Waals surface area contributed by atoms with Gasteiger partial charge in [-0.15, -0.1) is 0 Å². The molecule has 0 bridgehead atoms. The van der Waals surface area contributed by atoms with Gasteiger partial charge >= 0.3 is 0 Å². The predicted octanol–water partition coefficient (Wildman–Crippen LogP) is 3.31. The number of halogens is 2. The Morgan fingerprint density at radius 3 is 2.82 bits per heavy atom. The van der Waals surface area contributed by atoms with Gasteiger partial charge < -0.3 is 9.84 Å². The van der Waals surface area contributed by atoms with Crippen LogP contribution in [0.3, 0.4) is 0 Å². The Balaban J connectivity index is 2.36. The number of aliphatic hydroxyl groups excluding tert-OH is 1. The summed E-state index contributed by atoms with van der Waals surface area (Å²) in [7, 11) is 0. The van der Waals surface area contributed by atoms with Crippen molar-refractivity contribution in [1.29, 1.82) is 0 Å². The van der Waals surface area contributed by atoms with Crippen LogP contribution in [-0.2, 0) is 11.2 Å². The molecule has 4 heteroatoms. The van der Waals surface area contributed by atoms with Gasteiger partial charge in [0.25, 0.3) is 0 Å². The van der Waals surface area contributed by atoms with E-state index in [2.05, 4.69) is 15.9 Å². The summed E-state index contributed by atoms with van der Waals surface area (Å²) in [6.45, 7) is 3.31. The van der Waals surface area contributed by atoms with Gasteiger partial charge in [0.2, 0.25) is 0 Å². The Morgan fingerprint density at radius 1 is 1.41 bits per heavy atom. The summed E-state index contributed by atoms with van der Waals surface area (Å²) in [4.78, 5) is 0. The smallest absolute Gasteiger partial charge is 0.124 e. The van der Waals surface area contributed by atoms with E-state index in [1.165, 1.54) is 12.1 Å². The molecule has 1 aromatic carbocycles. The third-order valence-corrected chi connectivity index (χ3v) is 2.88. The molecule has 0 aliphatic rings. The molecule has 0 aliphatic carbocycles. The average Bonchev–Trinajstić information content (AvgIpc) is 2.23. The Labute approximate surface area is 110 Å². The van der Waals surface area contributed by atoms with Crippen LogP contribution in [0.15, 0.2) is 22.7 Å². The lowest BCUT2D eigenvalue weighted by Crippen LogP contribution is -2.11. The molecule has 1 N–H and O–H groups in total. The molecule has 2 nitrogen and oxygen atoms in total. The molecule has 0 spiro atoms. The van der Waals surface area contributed by atoms with Gasteiger partial charge in [-0.2, -0.15) is 0 Å². The molecular weight excluding hydrogens is 287 g/mol. The maximum atomic E-state index is 13.1. The molecule has 1 aromatic rings. The molecule has 0 aromatic heterocycles. The predicted molar refractivity (Wildman–Crippen MR) is 69.5 cm³/mol. The minimum absolute atomic E-state index is 0.282. The number of benzene rings is 1. The summed E-state index contributed by atoms with van der Waals surface area (Å²) in [5.74, 6) is -0.282. The van der Waals surface area contributed by atoms with Crippen LogP contribution in [0.25, 0.3) is 0 Å². The molecule has 0 radical (unpaired) electrons. The van der Waals surface area contributed by atoms with Gasteiger partial charge in [-0.1, -0.05) is 15.9 Å². The molecule has 96 valence electrons. The van der Waals surface area contributed by atoms with E-state index >= 15 is 0 Å². The first-order valence-corrected chi connectivity index (χ1v) is 6.62. The maximum absolute atomic E-state index is 13.1. The molecule has 0 amide bonds. The quantitative estimate of drug-likeness (QED) is 0.783. The van der Waals surface area contributed by atoms with Crippen LogP contribution in [0.4, 0.5) is 4.39 Å². The second-order valence-electron chi connectivity index (χ2n) is 3.97. The lowest BCUT2D eigenvalue weighted by atomic mass is 10.0. The number of aliphatic hydroxyl groups is 1. The van der Waals surface area contributed by atoms with E-state index in [0.717, 1.165) is 12.0 Å². The van der Waals surface area contributed by atoms with E-state index < -0.39 is 6.10 Å². The molecular formula is C13H18BrFO2. The molecule has 0 heterocycles. The first-order chi connectivity index (χ1) is 8.11. The fourth-order valence-electron chi connectivity index (χ4n) is 1.67. The van der Waals surface area contributed by atoms with Crippen LogP contribution in [0.1, 0.15) is 25.3 Å². The Kier molecular flexibility index (Phi) is 6.70. The van der Waals surface area contributed by atoms with Crippen molar-refractivity contribution in [3.8, 4) is 0 Å². The fourth-order valence-corrected chi connectivity index (χ4v) is 2.18. The number of hydrogen-bond acceptors (Lipinski definition) is 2. The second-order valence-corrected chi connectivity index (χ2v) is 4.89. The van der Waals surface area contributed by atoms with E-state index in [0.29, 0.717) is 30.5 Å². The average molecular weight is 305 g/mol. The van der Waals surface area contributed by atoms with Crippen molar-refractivity contribution in [3.63, 3.8) is 0 Å². The normalized spacial score (nSPS) is 12.7. The van der Waals surface area contributed by atoms with Gasteiger partial charge in [0, 0.05) is 17.7 Å². The summed E-state index contributed by atoms with van der Waals surface area (Å²) < 4.78 is 19.0. The Hall–Kier alpha value is -0.450. The molecule has 1 rings (SSSR count). The summed E-state index contributed by atoms with van der Waals surface area (Å²) in [6, 6.07) is 4.69. The monoisotopic (exact) mass is 304 g/mol. The van der Waals surface area contributed by atoms with Gasteiger partial charge in [0.1, 0.15) is 5.82 Å². The topological polar surface area (TPSA) is 29.5 Å². The van der Waals surface area contributed by atoms with E-state index in [-0.39, 0.29) is 5.82 Å². The van der Waals surface area contributed by atoms with Gasteiger partial charge in [-0.25, -0.2) is 4.39 Å². The Morgan fingerprint density at radius 2 is 2.18 bits per heavy atom. The summed E-state index contributed by atoms with van der Waals surface area (Å²) in [6.07, 6.45) is 1.53. The second kappa shape index (κ2) is 7.80. The van der Waals surface area contributed by atoms with Crippen LogP contribution >= 0.6 is 15.9 Å². The SMILES string of the molecule is CCOCCCC(O)Cc1cc(F)cc(Br)c1. The molecule has 0 saturated carbocycles. The van der Waals surface area contributed by atoms with Gasteiger partial charge in [0.15, 0.2) is 0 Å². The summed E-state index contributed by atoms with van der Waals surface area (Å²) >= 11 is 3.23. The Bertz CT molecular complexity index is 324. The zero-order valence-electron chi connectivity index (χ0n) is 9.96. The van der Waals surface area contributed by atoms with E-state index in [1.807, 2.05) is 13.0 Å². The molecule has 0 saturated heterocycles. The van der Waals surface area contributed by atoms with Crippen molar-refractivity contribution in [2.45, 2.75) is 32.3 Å². The van der Waals surface area contributed by atoms with Crippen LogP contribution in [0.2, 0.25) is 0 Å². The van der Waals surface area contributed by atoms with Crippen molar-refractivity contribution in [1.82, 2.24) is 0 Å². The van der Waals surface area contributed by atoms with Crippen LogP contribution in [0, 0.1) is 5.82 Å². The highest BCUT2D eigenvalue weighted by Gasteiger charge is 2.07. The molecule has 0 aliphatic heterocycles. The highest BCUT2D eigenvalue weighted by Crippen LogP contribution is 2.17. The third kappa shape index (κ3) is 6.15. The van der Waals surface area contributed by atoms with E-state index in [4.69, 9.17) is 4.74 Å². The minimum atomic E-state index is -0.441. The first-order valence-electron chi connectivity index (χ1n) is 5.82. The van der Waals surface area contributed by atoms with Crippen molar-refractivity contribution in [2.24, 2.45) is 0 Å².